The van der Waals surface area contributed by atoms with Crippen LogP contribution in [0.1, 0.15) is 11.3 Å². The standard InChI is InChI=1S/C11H8F3NO/c1-6-2-3-7-4-8(11(12,13)14)5-9(16)10(7)15-6/h2-5,16H,1H3/p-1. The van der Waals surface area contributed by atoms with Crippen molar-refractivity contribution in [3.63, 3.8) is 0 Å². The van der Waals surface area contributed by atoms with Crippen molar-refractivity contribution < 1.29 is 18.3 Å². The summed E-state index contributed by atoms with van der Waals surface area (Å²) < 4.78 is 37.2. The molecule has 0 aliphatic rings. The Hall–Kier alpha value is -1.78. The van der Waals surface area contributed by atoms with Crippen molar-refractivity contribution in [2.75, 3.05) is 0 Å². The van der Waals surface area contributed by atoms with E-state index in [2.05, 4.69) is 4.98 Å². The lowest BCUT2D eigenvalue weighted by Crippen LogP contribution is -2.06. The summed E-state index contributed by atoms with van der Waals surface area (Å²) in [4.78, 5) is 3.92. The molecular weight excluding hydrogens is 219 g/mol. The molecule has 0 saturated heterocycles. The number of hydrogen-bond donors (Lipinski definition) is 0. The van der Waals surface area contributed by atoms with Gasteiger partial charge in [-0.3, -0.25) is 4.98 Å². The zero-order valence-electron chi connectivity index (χ0n) is 8.30. The zero-order valence-corrected chi connectivity index (χ0v) is 8.30. The molecule has 0 aliphatic carbocycles. The number of pyridine rings is 1. The molecule has 0 unspecified atom stereocenters. The molecule has 5 heteroatoms. The van der Waals surface area contributed by atoms with Crippen LogP contribution in [-0.2, 0) is 6.18 Å². The smallest absolute Gasteiger partial charge is 0.416 e. The summed E-state index contributed by atoms with van der Waals surface area (Å²) in [5.74, 6) is -0.700. The Morgan fingerprint density at radius 3 is 2.50 bits per heavy atom. The van der Waals surface area contributed by atoms with Crippen molar-refractivity contribution in [3.05, 3.63) is 35.5 Å². The Morgan fingerprint density at radius 1 is 1.19 bits per heavy atom. The molecule has 2 nitrogen and oxygen atoms in total. The second kappa shape index (κ2) is 3.37. The van der Waals surface area contributed by atoms with E-state index in [1.165, 1.54) is 6.07 Å². The average Bonchev–Trinajstić information content (AvgIpc) is 2.17. The van der Waals surface area contributed by atoms with Gasteiger partial charge in [0, 0.05) is 11.1 Å². The highest BCUT2D eigenvalue weighted by atomic mass is 19.4. The fourth-order valence-electron chi connectivity index (χ4n) is 1.46. The summed E-state index contributed by atoms with van der Waals surface area (Å²) in [6, 6.07) is 4.55. The Bertz CT molecular complexity index is 549. The van der Waals surface area contributed by atoms with Crippen LogP contribution >= 0.6 is 0 Å². The van der Waals surface area contributed by atoms with Crippen LogP contribution in [0.3, 0.4) is 0 Å². The number of aryl methyl sites for hydroxylation is 1. The Balaban J connectivity index is 2.74. The van der Waals surface area contributed by atoms with E-state index in [0.29, 0.717) is 11.8 Å². The third kappa shape index (κ3) is 1.80. The molecule has 0 saturated carbocycles. The highest BCUT2D eigenvalue weighted by Crippen LogP contribution is 2.34. The minimum Gasteiger partial charge on any atom is -0.871 e. The van der Waals surface area contributed by atoms with Crippen LogP contribution in [0.5, 0.6) is 5.75 Å². The van der Waals surface area contributed by atoms with Crippen LogP contribution in [0.15, 0.2) is 24.3 Å². The molecule has 16 heavy (non-hydrogen) atoms. The number of alkyl halides is 3. The minimum atomic E-state index is -4.50. The second-order valence-corrected chi connectivity index (χ2v) is 3.50. The van der Waals surface area contributed by atoms with Gasteiger partial charge in [-0.2, -0.15) is 13.2 Å². The van der Waals surface area contributed by atoms with Gasteiger partial charge in [0.2, 0.25) is 0 Å². The monoisotopic (exact) mass is 226 g/mol. The van der Waals surface area contributed by atoms with Crippen molar-refractivity contribution >= 4 is 10.9 Å². The van der Waals surface area contributed by atoms with Gasteiger partial charge in [0.1, 0.15) is 0 Å². The summed E-state index contributed by atoms with van der Waals surface area (Å²) in [7, 11) is 0. The van der Waals surface area contributed by atoms with Gasteiger partial charge in [-0.25, -0.2) is 0 Å². The van der Waals surface area contributed by atoms with Crippen molar-refractivity contribution in [2.24, 2.45) is 0 Å². The molecule has 0 atom stereocenters. The summed E-state index contributed by atoms with van der Waals surface area (Å²) >= 11 is 0. The van der Waals surface area contributed by atoms with E-state index >= 15 is 0 Å². The molecule has 1 heterocycles. The van der Waals surface area contributed by atoms with Gasteiger partial charge in [0.05, 0.1) is 11.1 Å². The Labute approximate surface area is 89.4 Å². The number of benzene rings is 1. The summed E-state index contributed by atoms with van der Waals surface area (Å²) in [6.07, 6.45) is -4.50. The summed E-state index contributed by atoms with van der Waals surface area (Å²) in [5.41, 5.74) is -0.256. The van der Waals surface area contributed by atoms with E-state index in [1.54, 1.807) is 13.0 Å². The van der Waals surface area contributed by atoms with Crippen molar-refractivity contribution in [1.82, 2.24) is 4.98 Å². The molecule has 2 rings (SSSR count). The first-order valence-electron chi connectivity index (χ1n) is 4.53. The van der Waals surface area contributed by atoms with Gasteiger partial charge < -0.3 is 5.11 Å². The Morgan fingerprint density at radius 2 is 1.88 bits per heavy atom. The van der Waals surface area contributed by atoms with E-state index in [4.69, 9.17) is 0 Å². The molecular formula is C11H7F3NO-. The van der Waals surface area contributed by atoms with Gasteiger partial charge in [-0.1, -0.05) is 17.9 Å². The maximum Gasteiger partial charge on any atom is 0.416 e. The summed E-state index contributed by atoms with van der Waals surface area (Å²) in [5, 5.41) is 11.6. The number of aromatic nitrogens is 1. The van der Waals surface area contributed by atoms with Crippen LogP contribution in [0.25, 0.3) is 10.9 Å². The lowest BCUT2D eigenvalue weighted by atomic mass is 10.1. The molecule has 84 valence electrons. The molecule has 1 aromatic heterocycles. The van der Waals surface area contributed by atoms with E-state index in [1.807, 2.05) is 0 Å². The zero-order chi connectivity index (χ0) is 11.9. The molecule has 2 aromatic rings. The summed E-state index contributed by atoms with van der Waals surface area (Å²) in [6.45, 7) is 1.68. The van der Waals surface area contributed by atoms with Crippen molar-refractivity contribution in [1.29, 1.82) is 0 Å². The molecule has 0 N–H and O–H groups in total. The van der Waals surface area contributed by atoms with Gasteiger partial charge in [0.25, 0.3) is 0 Å². The number of halogens is 3. The van der Waals surface area contributed by atoms with E-state index < -0.39 is 17.5 Å². The highest BCUT2D eigenvalue weighted by Gasteiger charge is 2.30. The molecule has 0 spiro atoms. The quantitative estimate of drug-likeness (QED) is 0.692. The largest absolute Gasteiger partial charge is 0.871 e. The van der Waals surface area contributed by atoms with E-state index in [9.17, 15) is 18.3 Å². The first-order chi connectivity index (χ1) is 7.38. The maximum atomic E-state index is 12.4. The van der Waals surface area contributed by atoms with Gasteiger partial charge in [-0.05, 0) is 19.1 Å². The van der Waals surface area contributed by atoms with Gasteiger partial charge in [-0.15, -0.1) is 0 Å². The van der Waals surface area contributed by atoms with Gasteiger partial charge in [0.15, 0.2) is 0 Å². The lowest BCUT2D eigenvalue weighted by Gasteiger charge is -2.14. The maximum absolute atomic E-state index is 12.4. The molecule has 0 radical (unpaired) electrons. The van der Waals surface area contributed by atoms with Crippen LogP contribution in [0.4, 0.5) is 13.2 Å². The lowest BCUT2D eigenvalue weighted by molar-refractivity contribution is -0.266. The number of fused-ring (bicyclic) bond motifs is 1. The van der Waals surface area contributed by atoms with Crippen LogP contribution in [0.2, 0.25) is 0 Å². The third-order valence-electron chi connectivity index (χ3n) is 2.22. The molecule has 0 aliphatic heterocycles. The molecule has 1 aromatic carbocycles. The van der Waals surface area contributed by atoms with E-state index in [0.717, 1.165) is 6.07 Å². The van der Waals surface area contributed by atoms with Gasteiger partial charge >= 0.3 is 6.18 Å². The van der Waals surface area contributed by atoms with Crippen molar-refractivity contribution in [2.45, 2.75) is 13.1 Å². The topological polar surface area (TPSA) is 36.0 Å². The average molecular weight is 226 g/mol. The first-order valence-corrected chi connectivity index (χ1v) is 4.53. The number of nitrogens with zero attached hydrogens (tertiary/aromatic N) is 1. The van der Waals surface area contributed by atoms with Crippen LogP contribution in [0, 0.1) is 6.92 Å². The third-order valence-corrected chi connectivity index (χ3v) is 2.22. The van der Waals surface area contributed by atoms with Crippen molar-refractivity contribution in [3.8, 4) is 5.75 Å². The predicted octanol–water partition coefficient (Wildman–Crippen LogP) is 2.64. The number of rotatable bonds is 0. The Kier molecular flexibility index (Phi) is 2.26. The molecule has 0 fully saturated rings. The van der Waals surface area contributed by atoms with E-state index in [-0.39, 0.29) is 10.9 Å². The SMILES string of the molecule is Cc1ccc2cc(C(F)(F)F)cc([O-])c2n1. The van der Waals surface area contributed by atoms with Crippen LogP contribution in [-0.4, -0.2) is 4.98 Å². The normalized spacial score (nSPS) is 12.0. The molecule has 0 amide bonds. The first kappa shape index (κ1) is 10.7. The minimum absolute atomic E-state index is 0.0769. The number of hydrogen-bond acceptors (Lipinski definition) is 2. The highest BCUT2D eigenvalue weighted by molar-refractivity contribution is 5.85. The second-order valence-electron chi connectivity index (χ2n) is 3.50. The molecule has 0 bridgehead atoms. The fraction of sp³-hybridized carbons (Fsp3) is 0.182. The van der Waals surface area contributed by atoms with Crippen LogP contribution < -0.4 is 5.11 Å². The predicted molar refractivity (Wildman–Crippen MR) is 50.9 cm³/mol. The fourth-order valence-corrected chi connectivity index (χ4v) is 1.46.